The van der Waals surface area contributed by atoms with Crippen LogP contribution in [0, 0.1) is 0 Å². The van der Waals surface area contributed by atoms with Crippen molar-refractivity contribution in [2.75, 3.05) is 78.8 Å². The molecule has 2 fully saturated rings. The molecule has 0 aliphatic carbocycles. The monoisotopic (exact) mass is 558 g/mol. The van der Waals surface area contributed by atoms with E-state index < -0.39 is 0 Å². The molecular weight excluding hydrogens is 520 g/mol. The lowest BCUT2D eigenvalue weighted by molar-refractivity contribution is 0.0373. The van der Waals surface area contributed by atoms with Crippen LogP contribution >= 0.6 is 21.6 Å². The third-order valence-corrected chi connectivity index (χ3v) is 9.05. The molecule has 0 bridgehead atoms. The fourth-order valence-corrected chi connectivity index (χ4v) is 6.75. The van der Waals surface area contributed by atoms with Crippen molar-refractivity contribution in [2.45, 2.75) is 22.6 Å². The Morgan fingerprint density at radius 1 is 0.658 bits per heavy atom. The van der Waals surface area contributed by atoms with Crippen LogP contribution in [-0.4, -0.2) is 100 Å². The molecule has 2 amide bonds. The number of rotatable bonds is 13. The van der Waals surface area contributed by atoms with E-state index in [0.717, 1.165) is 88.3 Å². The van der Waals surface area contributed by atoms with Crippen molar-refractivity contribution in [1.29, 1.82) is 0 Å². The molecule has 0 unspecified atom stereocenters. The largest absolute Gasteiger partial charge is 0.379 e. The number of hydrogen-bond acceptors (Lipinski definition) is 8. The average Bonchev–Trinajstić information content (AvgIpc) is 2.97. The van der Waals surface area contributed by atoms with E-state index in [1.54, 1.807) is 0 Å². The highest BCUT2D eigenvalue weighted by Crippen LogP contribution is 2.40. The molecule has 0 atom stereocenters. The van der Waals surface area contributed by atoms with Crippen LogP contribution < -0.4 is 10.6 Å². The molecule has 38 heavy (non-hydrogen) atoms. The maximum absolute atomic E-state index is 12.9. The van der Waals surface area contributed by atoms with Gasteiger partial charge in [0.2, 0.25) is 0 Å². The standard InChI is InChI=1S/C28H38N4O4S2/c33-27(29-11-5-13-31-15-19-35-20-16-31)23-7-1-3-9-25(23)37-38-26-10-4-2-8-24(26)28(34)30-12-6-14-32-17-21-36-22-18-32/h1-4,7-10H,5-6,11-22H2,(H,29,33)(H,30,34). The van der Waals surface area contributed by atoms with Crippen molar-refractivity contribution in [3.63, 3.8) is 0 Å². The molecule has 2 heterocycles. The van der Waals surface area contributed by atoms with E-state index >= 15 is 0 Å². The molecule has 2 saturated heterocycles. The van der Waals surface area contributed by atoms with E-state index in [1.165, 1.54) is 21.6 Å². The summed E-state index contributed by atoms with van der Waals surface area (Å²) in [5, 5.41) is 6.13. The number of hydrogen-bond donors (Lipinski definition) is 2. The van der Waals surface area contributed by atoms with Gasteiger partial charge in [-0.1, -0.05) is 45.9 Å². The Balaban J connectivity index is 1.24. The van der Waals surface area contributed by atoms with Gasteiger partial charge in [-0.25, -0.2) is 0 Å². The lowest BCUT2D eigenvalue weighted by atomic mass is 10.2. The van der Waals surface area contributed by atoms with Crippen LogP contribution in [0.3, 0.4) is 0 Å². The summed E-state index contributed by atoms with van der Waals surface area (Å²) in [6, 6.07) is 15.3. The van der Waals surface area contributed by atoms with Gasteiger partial charge in [0.25, 0.3) is 11.8 Å². The first-order valence-corrected chi connectivity index (χ1v) is 15.5. The summed E-state index contributed by atoms with van der Waals surface area (Å²) in [5.74, 6) is -0.135. The maximum Gasteiger partial charge on any atom is 0.252 e. The zero-order valence-electron chi connectivity index (χ0n) is 21.9. The van der Waals surface area contributed by atoms with E-state index in [4.69, 9.17) is 9.47 Å². The normalized spacial score (nSPS) is 16.7. The number of nitrogens with zero attached hydrogens (tertiary/aromatic N) is 2. The minimum Gasteiger partial charge on any atom is -0.379 e. The van der Waals surface area contributed by atoms with Crippen molar-refractivity contribution in [3.8, 4) is 0 Å². The Morgan fingerprint density at radius 2 is 1.05 bits per heavy atom. The molecule has 2 aliphatic rings. The second-order valence-corrected chi connectivity index (χ2v) is 11.5. The Hall–Kier alpha value is -2.08. The summed E-state index contributed by atoms with van der Waals surface area (Å²) < 4.78 is 10.8. The highest BCUT2D eigenvalue weighted by atomic mass is 33.1. The van der Waals surface area contributed by atoms with Crippen LogP contribution in [0.5, 0.6) is 0 Å². The summed E-state index contributed by atoms with van der Waals surface area (Å²) in [6.45, 7) is 10.2. The molecule has 4 rings (SSSR count). The number of benzene rings is 2. The van der Waals surface area contributed by atoms with Crippen LogP contribution in [0.1, 0.15) is 33.6 Å². The Morgan fingerprint density at radius 3 is 1.47 bits per heavy atom. The second kappa shape index (κ2) is 16.1. The molecule has 8 nitrogen and oxygen atoms in total. The first-order chi connectivity index (χ1) is 18.7. The summed E-state index contributed by atoms with van der Waals surface area (Å²) in [5.41, 5.74) is 1.31. The van der Waals surface area contributed by atoms with E-state index in [-0.39, 0.29) is 11.8 Å². The minimum absolute atomic E-state index is 0.0676. The number of nitrogens with one attached hydrogen (secondary N) is 2. The lowest BCUT2D eigenvalue weighted by Gasteiger charge is -2.26. The third kappa shape index (κ3) is 9.29. The zero-order chi connectivity index (χ0) is 26.4. The van der Waals surface area contributed by atoms with Crippen molar-refractivity contribution < 1.29 is 19.1 Å². The molecule has 2 aromatic carbocycles. The molecular formula is C28H38N4O4S2. The Labute approximate surface area is 233 Å². The van der Waals surface area contributed by atoms with Gasteiger partial charge in [0, 0.05) is 49.1 Å². The van der Waals surface area contributed by atoms with Crippen molar-refractivity contribution in [3.05, 3.63) is 59.7 Å². The fraction of sp³-hybridized carbons (Fsp3) is 0.500. The Kier molecular flexibility index (Phi) is 12.3. The first-order valence-electron chi connectivity index (χ1n) is 13.4. The minimum atomic E-state index is -0.0676. The molecule has 206 valence electrons. The van der Waals surface area contributed by atoms with Gasteiger partial charge >= 0.3 is 0 Å². The summed E-state index contributed by atoms with van der Waals surface area (Å²) in [4.78, 5) is 32.3. The summed E-state index contributed by atoms with van der Waals surface area (Å²) >= 11 is 0. The molecule has 10 heteroatoms. The van der Waals surface area contributed by atoms with Crippen molar-refractivity contribution in [1.82, 2.24) is 20.4 Å². The van der Waals surface area contributed by atoms with Gasteiger partial charge in [0.05, 0.1) is 37.6 Å². The summed E-state index contributed by atoms with van der Waals surface area (Å²) in [7, 11) is 3.01. The predicted molar refractivity (Wildman–Crippen MR) is 153 cm³/mol. The number of amides is 2. The van der Waals surface area contributed by atoms with Gasteiger partial charge < -0.3 is 20.1 Å². The molecule has 2 N–H and O–H groups in total. The second-order valence-electron chi connectivity index (χ2n) is 9.29. The highest BCUT2D eigenvalue weighted by molar-refractivity contribution is 8.76. The van der Waals surface area contributed by atoms with E-state index in [0.29, 0.717) is 24.2 Å². The number of carbonyl (C=O) groups excluding carboxylic acids is 2. The third-order valence-electron chi connectivity index (χ3n) is 6.57. The smallest absolute Gasteiger partial charge is 0.252 e. The number of morpholine rings is 2. The predicted octanol–water partition coefficient (Wildman–Crippen LogP) is 3.39. The van der Waals surface area contributed by atoms with E-state index in [1.807, 2.05) is 48.5 Å². The molecule has 0 spiro atoms. The van der Waals surface area contributed by atoms with Crippen LogP contribution in [0.25, 0.3) is 0 Å². The van der Waals surface area contributed by atoms with Crippen LogP contribution in [0.2, 0.25) is 0 Å². The fourth-order valence-electron chi connectivity index (χ4n) is 4.39. The van der Waals surface area contributed by atoms with Crippen LogP contribution in [0.15, 0.2) is 58.3 Å². The number of ether oxygens (including phenoxy) is 2. The van der Waals surface area contributed by atoms with Gasteiger partial charge in [0.1, 0.15) is 0 Å². The Bertz CT molecular complexity index is 948. The average molecular weight is 559 g/mol. The van der Waals surface area contributed by atoms with E-state index in [2.05, 4.69) is 20.4 Å². The zero-order valence-corrected chi connectivity index (χ0v) is 23.5. The van der Waals surface area contributed by atoms with Crippen molar-refractivity contribution >= 4 is 33.4 Å². The van der Waals surface area contributed by atoms with Gasteiger partial charge in [0.15, 0.2) is 0 Å². The van der Waals surface area contributed by atoms with Gasteiger partial charge in [-0.2, -0.15) is 0 Å². The maximum atomic E-state index is 12.9. The molecule has 2 aromatic rings. The molecule has 0 radical (unpaired) electrons. The first kappa shape index (κ1) is 28.9. The SMILES string of the molecule is O=C(NCCCN1CCOCC1)c1ccccc1SSc1ccccc1C(=O)NCCCN1CCOCC1. The van der Waals surface area contributed by atoms with Crippen LogP contribution in [-0.2, 0) is 9.47 Å². The van der Waals surface area contributed by atoms with Gasteiger partial charge in [-0.15, -0.1) is 0 Å². The van der Waals surface area contributed by atoms with Gasteiger partial charge in [-0.05, 0) is 50.2 Å². The van der Waals surface area contributed by atoms with E-state index in [9.17, 15) is 9.59 Å². The molecule has 2 aliphatic heterocycles. The highest BCUT2D eigenvalue weighted by Gasteiger charge is 2.16. The number of carbonyl (C=O) groups is 2. The molecule has 0 aromatic heterocycles. The lowest BCUT2D eigenvalue weighted by Crippen LogP contribution is -2.38. The van der Waals surface area contributed by atoms with Crippen LogP contribution in [0.4, 0.5) is 0 Å². The topological polar surface area (TPSA) is 83.1 Å². The quantitative estimate of drug-likeness (QED) is 0.286. The summed E-state index contributed by atoms with van der Waals surface area (Å²) in [6.07, 6.45) is 1.81. The molecule has 0 saturated carbocycles. The van der Waals surface area contributed by atoms with Crippen molar-refractivity contribution in [2.24, 2.45) is 0 Å². The van der Waals surface area contributed by atoms with Gasteiger partial charge in [-0.3, -0.25) is 19.4 Å².